The Hall–Kier alpha value is -3.54. The smallest absolute Gasteiger partial charge is 0.398 e. The Morgan fingerprint density at radius 1 is 0.893 bits per heavy atom. The number of aryl methyl sites for hydroxylation is 1. The Bertz CT molecular complexity index is 1230. The molecule has 1 aromatic rings. The summed E-state index contributed by atoms with van der Waals surface area (Å²) in [6.45, 7) is 27.2. The summed E-state index contributed by atoms with van der Waals surface area (Å²) < 4.78 is 74.1. The molecular formula is C44H76F6N4O2. The molecule has 56 heavy (non-hydrogen) atoms. The fourth-order valence-corrected chi connectivity index (χ4v) is 5.49. The second-order valence-corrected chi connectivity index (χ2v) is 12.8. The zero-order chi connectivity index (χ0) is 44.3. The summed E-state index contributed by atoms with van der Waals surface area (Å²) in [4.78, 5) is 24.2. The van der Waals surface area contributed by atoms with Gasteiger partial charge in [-0.05, 0) is 110 Å². The van der Waals surface area contributed by atoms with Crippen molar-refractivity contribution in [1.29, 1.82) is 0 Å². The number of benzene rings is 1. The number of likely N-dealkylation sites (tertiary alicyclic amines) is 1. The number of nitrogen functional groups attached to an aromatic ring is 1. The van der Waals surface area contributed by atoms with Gasteiger partial charge in [0, 0.05) is 37.6 Å². The van der Waals surface area contributed by atoms with E-state index in [2.05, 4.69) is 88.1 Å². The molecule has 0 radical (unpaired) electrons. The molecule has 0 bridgehead atoms. The van der Waals surface area contributed by atoms with E-state index in [1.54, 1.807) is 0 Å². The number of hydrogen-bond donors (Lipinski definition) is 2. The lowest BCUT2D eigenvalue weighted by molar-refractivity contribution is -0.141. The third-order valence-electron chi connectivity index (χ3n) is 8.25. The van der Waals surface area contributed by atoms with Crippen LogP contribution in [-0.2, 0) is 21.9 Å². The number of unbranched alkanes of at least 4 members (excludes halogenated alkanes) is 2. The average molecular weight is 807 g/mol. The fourth-order valence-electron chi connectivity index (χ4n) is 5.49. The quantitative estimate of drug-likeness (QED) is 0.0847. The van der Waals surface area contributed by atoms with E-state index in [0.29, 0.717) is 18.2 Å². The first kappa shape index (κ1) is 59.2. The molecule has 326 valence electrons. The lowest BCUT2D eigenvalue weighted by Crippen LogP contribution is -2.32. The predicted octanol–water partition coefficient (Wildman–Crippen LogP) is 13.1. The topological polar surface area (TPSA) is 78.7 Å². The van der Waals surface area contributed by atoms with Crippen molar-refractivity contribution in [2.24, 2.45) is 0 Å². The zero-order valence-corrected chi connectivity index (χ0v) is 36.8. The van der Waals surface area contributed by atoms with Crippen LogP contribution in [0.1, 0.15) is 151 Å². The summed E-state index contributed by atoms with van der Waals surface area (Å²) in [7, 11) is 2.19. The van der Waals surface area contributed by atoms with Crippen molar-refractivity contribution in [2.45, 2.75) is 159 Å². The van der Waals surface area contributed by atoms with Crippen molar-refractivity contribution in [2.75, 3.05) is 32.4 Å². The second kappa shape index (κ2) is 35.8. The Kier molecular flexibility index (Phi) is 37.9. The first-order valence-corrected chi connectivity index (χ1v) is 20.0. The van der Waals surface area contributed by atoms with Crippen LogP contribution in [0.5, 0.6) is 0 Å². The first-order valence-electron chi connectivity index (χ1n) is 20.0. The van der Waals surface area contributed by atoms with Gasteiger partial charge in [0.2, 0.25) is 6.41 Å². The van der Waals surface area contributed by atoms with Gasteiger partial charge in [-0.1, -0.05) is 91.5 Å². The highest BCUT2D eigenvalue weighted by atomic mass is 19.4. The molecule has 0 spiro atoms. The molecule has 1 atom stereocenters. The Morgan fingerprint density at radius 3 is 1.70 bits per heavy atom. The van der Waals surface area contributed by atoms with Gasteiger partial charge in [0.15, 0.2) is 0 Å². The summed E-state index contributed by atoms with van der Waals surface area (Å²) in [6, 6.07) is 1.84. The molecule has 6 nitrogen and oxygen atoms in total. The minimum Gasteiger partial charge on any atom is -0.398 e. The van der Waals surface area contributed by atoms with Crippen molar-refractivity contribution in [3.05, 3.63) is 76.2 Å². The van der Waals surface area contributed by atoms with Crippen LogP contribution in [0.25, 0.3) is 0 Å². The molecule has 0 saturated carbocycles. The minimum atomic E-state index is -4.89. The first-order chi connectivity index (χ1) is 26.3. The maximum Gasteiger partial charge on any atom is 0.418 e. The van der Waals surface area contributed by atoms with Gasteiger partial charge in [-0.25, -0.2) is 0 Å². The molecular weight excluding hydrogens is 730 g/mol. The highest BCUT2D eigenvalue weighted by molar-refractivity contribution is 5.58. The van der Waals surface area contributed by atoms with Gasteiger partial charge in [0.05, 0.1) is 16.8 Å². The SMILES string of the molecule is C/C=C(CCN(C)C(CC)CCC)\C(=C/C)NC=O.C/C=C\C(C)=C/N1CCCC1.CC.CC=O.CCCCC.Cc1cc(C(F)(F)F)c(N)c(C(F)(F)F)c1. The van der Waals surface area contributed by atoms with Crippen molar-refractivity contribution >= 4 is 18.4 Å². The minimum absolute atomic E-state index is 0.145. The van der Waals surface area contributed by atoms with Gasteiger partial charge in [-0.3, -0.25) is 4.79 Å². The molecule has 1 aliphatic rings. The number of hydrogen-bond acceptors (Lipinski definition) is 5. The van der Waals surface area contributed by atoms with E-state index < -0.39 is 29.2 Å². The number of carbonyl (C=O) groups is 2. The number of nitrogens with one attached hydrogen (secondary N) is 1. The number of amides is 1. The number of alkyl halides is 6. The van der Waals surface area contributed by atoms with Crippen LogP contribution in [0.3, 0.4) is 0 Å². The molecule has 2 rings (SSSR count). The van der Waals surface area contributed by atoms with E-state index in [9.17, 15) is 31.1 Å². The monoisotopic (exact) mass is 807 g/mol. The molecule has 0 aliphatic carbocycles. The molecule has 1 aromatic carbocycles. The molecule has 12 heteroatoms. The maximum absolute atomic E-state index is 12.3. The number of aldehydes is 1. The van der Waals surface area contributed by atoms with Gasteiger partial charge >= 0.3 is 12.4 Å². The van der Waals surface area contributed by atoms with Crippen molar-refractivity contribution in [3.63, 3.8) is 0 Å². The number of nitrogens with zero attached hydrogens (tertiary/aromatic N) is 2. The average Bonchev–Trinajstić information content (AvgIpc) is 3.65. The van der Waals surface area contributed by atoms with Gasteiger partial charge in [-0.2, -0.15) is 26.3 Å². The van der Waals surface area contributed by atoms with Crippen molar-refractivity contribution < 1.29 is 35.9 Å². The van der Waals surface area contributed by atoms with Gasteiger partial charge in [0.25, 0.3) is 0 Å². The van der Waals surface area contributed by atoms with E-state index in [4.69, 9.17) is 10.5 Å². The largest absolute Gasteiger partial charge is 0.418 e. The van der Waals surface area contributed by atoms with Gasteiger partial charge in [0.1, 0.15) is 6.29 Å². The van der Waals surface area contributed by atoms with E-state index in [1.165, 1.54) is 82.5 Å². The van der Waals surface area contributed by atoms with E-state index in [1.807, 2.05) is 33.8 Å². The lowest BCUT2D eigenvalue weighted by atomic mass is 10.0. The summed E-state index contributed by atoms with van der Waals surface area (Å²) in [5.41, 5.74) is 4.02. The molecule has 3 N–H and O–H groups in total. The molecule has 1 fully saturated rings. The number of nitrogens with two attached hydrogens (primary N) is 1. The van der Waals surface area contributed by atoms with E-state index in [-0.39, 0.29) is 5.56 Å². The fraction of sp³-hybridized carbons (Fsp3) is 0.636. The van der Waals surface area contributed by atoms with E-state index >= 15 is 0 Å². The normalized spacial score (nSPS) is 13.7. The second-order valence-electron chi connectivity index (χ2n) is 12.8. The summed E-state index contributed by atoms with van der Waals surface area (Å²) >= 11 is 0. The Labute approximate surface area is 336 Å². The summed E-state index contributed by atoms with van der Waals surface area (Å²) in [6.07, 6.45) is 13.7. The number of anilines is 1. The Balaban J connectivity index is -0.000000329. The predicted molar refractivity (Wildman–Crippen MR) is 226 cm³/mol. The van der Waals surface area contributed by atoms with Crippen molar-refractivity contribution in [1.82, 2.24) is 15.1 Å². The van der Waals surface area contributed by atoms with Crippen molar-refractivity contribution in [3.8, 4) is 0 Å². The third kappa shape index (κ3) is 28.8. The van der Waals surface area contributed by atoms with Crippen LogP contribution in [0.15, 0.2) is 59.5 Å². The van der Waals surface area contributed by atoms with Crippen LogP contribution >= 0.6 is 0 Å². The van der Waals surface area contributed by atoms with Gasteiger partial charge in [-0.15, -0.1) is 0 Å². The molecule has 1 unspecified atom stereocenters. The van der Waals surface area contributed by atoms with E-state index in [0.717, 1.165) is 38.3 Å². The number of halogens is 6. The summed E-state index contributed by atoms with van der Waals surface area (Å²) in [5, 5.41) is 2.77. The zero-order valence-electron chi connectivity index (χ0n) is 36.8. The molecule has 1 amide bonds. The maximum atomic E-state index is 12.3. The number of rotatable bonds is 14. The molecule has 0 aromatic heterocycles. The standard InChI is InChI=1S/C16H30N2O.C10H17N.C9H7F6N.C5H12.C2H4O.C2H6/c1-6-10-15(8-3)18(5)12-11-14(7-2)16(9-4)17-13-19;1-3-6-10(2)9-11-7-4-5-8-11;1-4-2-5(8(10,11)12)7(16)6(3-4)9(13,14)15;1-3-5-4-2;1-2-3;1-2/h7,9,13,15H,6,8,10-12H2,1-5H3,(H,17,19);3,6,9H,4-5,7-8H2,1-2H3;2-3H,16H2,1H3;3-5H2,1-2H3;2H,1H3;1-2H3/b14-7-,16-9+;6-3-,10-9-;;;;. The van der Waals surface area contributed by atoms with Crippen LogP contribution in [0.2, 0.25) is 0 Å². The van der Waals surface area contributed by atoms with Crippen LogP contribution in [0.4, 0.5) is 32.0 Å². The molecule has 1 aliphatic heterocycles. The third-order valence-corrected chi connectivity index (χ3v) is 8.25. The van der Waals surface area contributed by atoms with Crippen LogP contribution in [-0.4, -0.2) is 55.2 Å². The molecule has 1 saturated heterocycles. The van der Waals surface area contributed by atoms with Crippen LogP contribution < -0.4 is 11.1 Å². The molecule has 1 heterocycles. The van der Waals surface area contributed by atoms with Gasteiger partial charge < -0.3 is 25.6 Å². The number of allylic oxidation sites excluding steroid dienone is 6. The Morgan fingerprint density at radius 2 is 1.38 bits per heavy atom. The van der Waals surface area contributed by atoms with Crippen LogP contribution in [0, 0.1) is 6.92 Å². The lowest BCUT2D eigenvalue weighted by Gasteiger charge is -2.27. The summed E-state index contributed by atoms with van der Waals surface area (Å²) in [5.74, 6) is 0. The number of carbonyl (C=O) groups excluding carboxylic acids is 2. The highest BCUT2D eigenvalue weighted by Crippen LogP contribution is 2.41. The highest BCUT2D eigenvalue weighted by Gasteiger charge is 2.40.